The van der Waals surface area contributed by atoms with Crippen LogP contribution in [-0.4, -0.2) is 28.7 Å². The zero-order valence-corrected chi connectivity index (χ0v) is 14.2. The van der Waals surface area contributed by atoms with Crippen LogP contribution in [0, 0.1) is 5.41 Å². The molecule has 2 heterocycles. The van der Waals surface area contributed by atoms with Crippen LogP contribution in [0.25, 0.3) is 0 Å². The minimum Gasteiger partial charge on any atom is -0.490 e. The second kappa shape index (κ2) is 6.06. The van der Waals surface area contributed by atoms with Crippen molar-refractivity contribution in [3.05, 3.63) is 47.9 Å². The van der Waals surface area contributed by atoms with Gasteiger partial charge in [-0.05, 0) is 12.1 Å². The van der Waals surface area contributed by atoms with E-state index in [1.165, 1.54) is 0 Å². The molecule has 1 aliphatic carbocycles. The van der Waals surface area contributed by atoms with Crippen LogP contribution in [0.5, 0.6) is 5.75 Å². The molecule has 2 aliphatic rings. The summed E-state index contributed by atoms with van der Waals surface area (Å²) in [4.78, 5) is 8.83. The normalized spacial score (nSPS) is 24.6. The van der Waals surface area contributed by atoms with Crippen molar-refractivity contribution in [3.63, 3.8) is 0 Å². The maximum absolute atomic E-state index is 6.15. The minimum atomic E-state index is 0.0310. The number of anilines is 1. The van der Waals surface area contributed by atoms with Crippen LogP contribution in [0.4, 0.5) is 5.82 Å². The molecule has 0 unspecified atom stereocenters. The number of nitrogens with one attached hydrogen (secondary N) is 1. The van der Waals surface area contributed by atoms with Gasteiger partial charge in [0.15, 0.2) is 0 Å². The summed E-state index contributed by atoms with van der Waals surface area (Å²) in [5.41, 5.74) is 2.24. The average molecular weight is 325 g/mol. The molecule has 24 heavy (non-hydrogen) atoms. The largest absolute Gasteiger partial charge is 0.490 e. The Hall–Kier alpha value is -2.14. The molecule has 5 nitrogen and oxygen atoms in total. The first-order valence-corrected chi connectivity index (χ1v) is 8.53. The first-order valence-electron chi connectivity index (χ1n) is 8.53. The number of hydrogen-bond acceptors (Lipinski definition) is 5. The highest BCUT2D eigenvalue weighted by molar-refractivity contribution is 5.48. The van der Waals surface area contributed by atoms with Gasteiger partial charge in [0.05, 0.1) is 18.9 Å². The van der Waals surface area contributed by atoms with Crippen LogP contribution < -0.4 is 10.1 Å². The molecule has 126 valence electrons. The van der Waals surface area contributed by atoms with Crippen LogP contribution in [-0.2, 0) is 17.8 Å². The van der Waals surface area contributed by atoms with Crippen molar-refractivity contribution in [2.24, 2.45) is 5.41 Å². The molecular weight excluding hydrogens is 302 g/mol. The van der Waals surface area contributed by atoms with Crippen molar-refractivity contribution in [1.29, 1.82) is 0 Å². The number of hydrogen-bond donors (Lipinski definition) is 1. The third-order valence-electron chi connectivity index (χ3n) is 5.27. The molecule has 0 saturated heterocycles. The van der Waals surface area contributed by atoms with Crippen molar-refractivity contribution in [2.75, 3.05) is 11.9 Å². The van der Waals surface area contributed by atoms with Crippen LogP contribution in [0.1, 0.15) is 31.5 Å². The number of fused-ring (bicyclic) bond motifs is 1. The molecule has 2 atom stereocenters. The predicted octanol–water partition coefficient (Wildman–Crippen LogP) is 3.21. The van der Waals surface area contributed by atoms with Gasteiger partial charge in [0.2, 0.25) is 0 Å². The SMILES string of the molecule is CC1(C)[C@@H](Oc2ccccc2)C[C@H]1Nc1ncnc2c1COCC2. The first kappa shape index (κ1) is 15.4. The van der Waals surface area contributed by atoms with Crippen molar-refractivity contribution in [1.82, 2.24) is 9.97 Å². The lowest BCUT2D eigenvalue weighted by Gasteiger charge is -2.51. The first-order chi connectivity index (χ1) is 11.6. The van der Waals surface area contributed by atoms with E-state index in [4.69, 9.17) is 9.47 Å². The summed E-state index contributed by atoms with van der Waals surface area (Å²) >= 11 is 0. The van der Waals surface area contributed by atoms with E-state index in [0.717, 1.165) is 42.3 Å². The van der Waals surface area contributed by atoms with Gasteiger partial charge in [0, 0.05) is 29.9 Å². The molecule has 0 bridgehead atoms. The highest BCUT2D eigenvalue weighted by atomic mass is 16.5. The highest BCUT2D eigenvalue weighted by Crippen LogP contribution is 2.44. The molecule has 5 heteroatoms. The average Bonchev–Trinajstić information content (AvgIpc) is 2.62. The summed E-state index contributed by atoms with van der Waals surface area (Å²) in [6.07, 6.45) is 3.67. The monoisotopic (exact) mass is 325 g/mol. The summed E-state index contributed by atoms with van der Waals surface area (Å²) in [6, 6.07) is 10.4. The minimum absolute atomic E-state index is 0.0310. The Balaban J connectivity index is 1.46. The fourth-order valence-corrected chi connectivity index (χ4v) is 3.44. The van der Waals surface area contributed by atoms with Gasteiger partial charge in [-0.15, -0.1) is 0 Å². The van der Waals surface area contributed by atoms with E-state index in [0.29, 0.717) is 12.6 Å². The number of ether oxygens (including phenoxy) is 2. The summed E-state index contributed by atoms with van der Waals surface area (Å²) in [6.45, 7) is 5.82. The molecule has 0 spiro atoms. The number of aromatic nitrogens is 2. The molecule has 1 aromatic carbocycles. The Labute approximate surface area is 142 Å². The molecular formula is C19H23N3O2. The summed E-state index contributed by atoms with van der Waals surface area (Å²) < 4.78 is 11.7. The van der Waals surface area contributed by atoms with Crippen molar-refractivity contribution in [2.45, 2.75) is 45.4 Å². The second-order valence-electron chi connectivity index (χ2n) is 7.12. The van der Waals surface area contributed by atoms with E-state index in [-0.39, 0.29) is 11.5 Å². The Morgan fingerprint density at radius 1 is 1.21 bits per heavy atom. The molecule has 1 aromatic heterocycles. The van der Waals surface area contributed by atoms with Gasteiger partial charge in [-0.3, -0.25) is 0 Å². The summed E-state index contributed by atoms with van der Waals surface area (Å²) in [5.74, 6) is 1.85. The Morgan fingerprint density at radius 3 is 2.83 bits per heavy atom. The fraction of sp³-hybridized carbons (Fsp3) is 0.474. The van der Waals surface area contributed by atoms with E-state index in [1.807, 2.05) is 30.3 Å². The quantitative estimate of drug-likeness (QED) is 0.935. The molecule has 1 saturated carbocycles. The van der Waals surface area contributed by atoms with Crippen molar-refractivity contribution >= 4 is 5.82 Å². The third kappa shape index (κ3) is 2.73. The van der Waals surface area contributed by atoms with Gasteiger partial charge in [0.25, 0.3) is 0 Å². The van der Waals surface area contributed by atoms with Crippen LogP contribution in [0.15, 0.2) is 36.7 Å². The lowest BCUT2D eigenvalue weighted by molar-refractivity contribution is -0.0322. The van der Waals surface area contributed by atoms with Crippen molar-refractivity contribution < 1.29 is 9.47 Å². The maximum atomic E-state index is 6.15. The standard InChI is InChI=1S/C19H23N3O2/c1-19(2)16(10-17(19)24-13-6-4-3-5-7-13)22-18-14-11-23-9-8-15(14)20-12-21-18/h3-7,12,16-17H,8-11H2,1-2H3,(H,20,21,22)/t16-,17+/m1/s1. The second-order valence-corrected chi connectivity index (χ2v) is 7.12. The number of nitrogens with zero attached hydrogens (tertiary/aromatic N) is 2. The maximum Gasteiger partial charge on any atom is 0.135 e. The fourth-order valence-electron chi connectivity index (χ4n) is 3.44. The predicted molar refractivity (Wildman–Crippen MR) is 92.1 cm³/mol. The molecule has 1 N–H and O–H groups in total. The van der Waals surface area contributed by atoms with Gasteiger partial charge in [0.1, 0.15) is 24.0 Å². The molecule has 4 rings (SSSR count). The Bertz CT molecular complexity index is 718. The zero-order chi connectivity index (χ0) is 16.6. The molecule has 2 aromatic rings. The van der Waals surface area contributed by atoms with E-state index in [2.05, 4.69) is 29.1 Å². The van der Waals surface area contributed by atoms with E-state index >= 15 is 0 Å². The van der Waals surface area contributed by atoms with E-state index in [1.54, 1.807) is 6.33 Å². The van der Waals surface area contributed by atoms with Gasteiger partial charge in [-0.25, -0.2) is 9.97 Å². The topological polar surface area (TPSA) is 56.3 Å². The smallest absolute Gasteiger partial charge is 0.135 e. The summed E-state index contributed by atoms with van der Waals surface area (Å²) in [7, 11) is 0. The number of benzene rings is 1. The van der Waals surface area contributed by atoms with Crippen molar-refractivity contribution in [3.8, 4) is 5.75 Å². The lowest BCUT2D eigenvalue weighted by Crippen LogP contribution is -2.59. The van der Waals surface area contributed by atoms with Gasteiger partial charge < -0.3 is 14.8 Å². The number of rotatable bonds is 4. The van der Waals surface area contributed by atoms with Gasteiger partial charge >= 0.3 is 0 Å². The lowest BCUT2D eigenvalue weighted by atomic mass is 9.64. The number of para-hydroxylation sites is 1. The third-order valence-corrected chi connectivity index (χ3v) is 5.27. The molecule has 1 fully saturated rings. The summed E-state index contributed by atoms with van der Waals surface area (Å²) in [5, 5.41) is 3.60. The molecule has 0 amide bonds. The van der Waals surface area contributed by atoms with E-state index in [9.17, 15) is 0 Å². The van der Waals surface area contributed by atoms with Crippen LogP contribution in [0.2, 0.25) is 0 Å². The van der Waals surface area contributed by atoms with Crippen LogP contribution >= 0.6 is 0 Å². The van der Waals surface area contributed by atoms with E-state index < -0.39 is 0 Å². The van der Waals surface area contributed by atoms with Crippen LogP contribution in [0.3, 0.4) is 0 Å². The van der Waals surface area contributed by atoms with Gasteiger partial charge in [-0.2, -0.15) is 0 Å². The zero-order valence-electron chi connectivity index (χ0n) is 14.2. The van der Waals surface area contributed by atoms with Gasteiger partial charge in [-0.1, -0.05) is 32.0 Å². The highest BCUT2D eigenvalue weighted by Gasteiger charge is 2.50. The Morgan fingerprint density at radius 2 is 2.04 bits per heavy atom. The molecule has 0 radical (unpaired) electrons. The Kier molecular flexibility index (Phi) is 3.88. The molecule has 1 aliphatic heterocycles.